The van der Waals surface area contributed by atoms with Crippen molar-refractivity contribution in [3.05, 3.63) is 41.0 Å². The molecule has 0 N–H and O–H groups in total. The number of nitriles is 1. The molecule has 0 aromatic heterocycles. The summed E-state index contributed by atoms with van der Waals surface area (Å²) in [6, 6.07) is 10.7. The van der Waals surface area contributed by atoms with Gasteiger partial charge in [0.15, 0.2) is 0 Å². The molecule has 14 heavy (non-hydrogen) atoms. The average Bonchev–Trinajstić information content (AvgIpc) is 2.67. The maximum absolute atomic E-state index is 8.93. The smallest absolute Gasteiger partial charge is 0.0959 e. The molecule has 1 aromatic carbocycles. The molecule has 1 aromatic rings. The zero-order valence-electron chi connectivity index (χ0n) is 8.08. The molecule has 0 saturated heterocycles. The summed E-state index contributed by atoms with van der Waals surface area (Å²) in [5, 5.41) is 8.93. The van der Waals surface area contributed by atoms with Crippen LogP contribution in [0.5, 0.6) is 0 Å². The van der Waals surface area contributed by atoms with Crippen LogP contribution in [0.1, 0.15) is 17.5 Å². The number of aryl methyl sites for hydroxylation is 1. The molecule has 2 rings (SSSR count). The van der Waals surface area contributed by atoms with Crippen molar-refractivity contribution in [3.63, 3.8) is 0 Å². The SMILES string of the molecule is Cc1ccc(C2=C(C#N)CCS2)cc1. The molecule has 0 fully saturated rings. The molecular weight excluding hydrogens is 190 g/mol. The molecule has 0 saturated carbocycles. The first-order valence-corrected chi connectivity index (χ1v) is 5.63. The lowest BCUT2D eigenvalue weighted by Gasteiger charge is -2.02. The van der Waals surface area contributed by atoms with Crippen LogP contribution in [0.25, 0.3) is 4.91 Å². The van der Waals surface area contributed by atoms with Crippen LogP contribution in [0.4, 0.5) is 0 Å². The summed E-state index contributed by atoms with van der Waals surface area (Å²) in [4.78, 5) is 1.17. The zero-order valence-corrected chi connectivity index (χ0v) is 8.90. The van der Waals surface area contributed by atoms with Crippen LogP contribution in [-0.2, 0) is 0 Å². The van der Waals surface area contributed by atoms with Gasteiger partial charge in [0.2, 0.25) is 0 Å². The summed E-state index contributed by atoms with van der Waals surface area (Å²) < 4.78 is 0. The molecule has 0 aliphatic carbocycles. The van der Waals surface area contributed by atoms with Gasteiger partial charge in [0, 0.05) is 16.2 Å². The Morgan fingerprint density at radius 1 is 1.29 bits per heavy atom. The molecule has 1 heterocycles. The molecular formula is C12H11NS. The van der Waals surface area contributed by atoms with Crippen molar-refractivity contribution < 1.29 is 0 Å². The standard InChI is InChI=1S/C12H11NS/c1-9-2-4-10(5-3-9)12-11(8-13)6-7-14-12/h2-5H,6-7H2,1H3. The number of allylic oxidation sites excluding steroid dienone is 1. The quantitative estimate of drug-likeness (QED) is 0.695. The predicted octanol–water partition coefficient (Wildman–Crippen LogP) is 3.37. The molecule has 70 valence electrons. The van der Waals surface area contributed by atoms with Crippen molar-refractivity contribution in [2.24, 2.45) is 0 Å². The van der Waals surface area contributed by atoms with Gasteiger partial charge in [-0.25, -0.2) is 0 Å². The van der Waals surface area contributed by atoms with Crippen LogP contribution in [0.3, 0.4) is 0 Å². The molecule has 0 atom stereocenters. The monoisotopic (exact) mass is 201 g/mol. The summed E-state index contributed by atoms with van der Waals surface area (Å²) in [5.74, 6) is 1.05. The van der Waals surface area contributed by atoms with Gasteiger partial charge in [-0.05, 0) is 18.9 Å². The van der Waals surface area contributed by atoms with Crippen LogP contribution in [-0.4, -0.2) is 5.75 Å². The van der Waals surface area contributed by atoms with Gasteiger partial charge in [0.1, 0.15) is 0 Å². The average molecular weight is 201 g/mol. The molecule has 0 unspecified atom stereocenters. The molecule has 1 nitrogen and oxygen atoms in total. The van der Waals surface area contributed by atoms with Crippen LogP contribution in [0.15, 0.2) is 29.8 Å². The first-order chi connectivity index (χ1) is 6.81. The Morgan fingerprint density at radius 2 is 2.00 bits per heavy atom. The first-order valence-electron chi connectivity index (χ1n) is 4.64. The molecule has 0 radical (unpaired) electrons. The van der Waals surface area contributed by atoms with E-state index in [0.29, 0.717) is 0 Å². The Labute approximate surface area is 88.4 Å². The molecule has 1 aliphatic heterocycles. The molecule has 0 bridgehead atoms. The largest absolute Gasteiger partial charge is 0.193 e. The second kappa shape index (κ2) is 3.89. The van der Waals surface area contributed by atoms with Crippen LogP contribution >= 0.6 is 11.8 Å². The van der Waals surface area contributed by atoms with Crippen LogP contribution in [0, 0.1) is 18.3 Å². The van der Waals surface area contributed by atoms with E-state index in [-0.39, 0.29) is 0 Å². The fourth-order valence-electron chi connectivity index (χ4n) is 1.52. The third-order valence-electron chi connectivity index (χ3n) is 2.32. The number of hydrogen-bond donors (Lipinski definition) is 0. The van der Waals surface area contributed by atoms with Crippen molar-refractivity contribution in [2.45, 2.75) is 13.3 Å². The third-order valence-corrected chi connectivity index (χ3v) is 3.50. The topological polar surface area (TPSA) is 23.8 Å². The van der Waals surface area contributed by atoms with Crippen molar-refractivity contribution in [1.82, 2.24) is 0 Å². The maximum Gasteiger partial charge on any atom is 0.0959 e. The second-order valence-corrected chi connectivity index (χ2v) is 4.49. The highest BCUT2D eigenvalue weighted by molar-refractivity contribution is 8.08. The highest BCUT2D eigenvalue weighted by atomic mass is 32.2. The van der Waals surface area contributed by atoms with Gasteiger partial charge in [0.05, 0.1) is 6.07 Å². The van der Waals surface area contributed by atoms with E-state index in [2.05, 4.69) is 37.3 Å². The minimum absolute atomic E-state index is 0.921. The van der Waals surface area contributed by atoms with Crippen molar-refractivity contribution in [2.75, 3.05) is 5.75 Å². The van der Waals surface area contributed by atoms with E-state index in [1.54, 1.807) is 11.8 Å². The summed E-state index contributed by atoms with van der Waals surface area (Å²) in [6.07, 6.45) is 0.921. The lowest BCUT2D eigenvalue weighted by atomic mass is 10.1. The fraction of sp³-hybridized carbons (Fsp3) is 0.250. The van der Waals surface area contributed by atoms with Gasteiger partial charge < -0.3 is 0 Å². The van der Waals surface area contributed by atoms with E-state index in [1.807, 2.05) is 0 Å². The minimum Gasteiger partial charge on any atom is -0.193 e. The first kappa shape index (κ1) is 9.36. The zero-order chi connectivity index (χ0) is 9.97. The van der Waals surface area contributed by atoms with E-state index in [9.17, 15) is 0 Å². The lowest BCUT2D eigenvalue weighted by molar-refractivity contribution is 1.20. The van der Waals surface area contributed by atoms with Crippen molar-refractivity contribution >= 4 is 16.7 Å². The minimum atomic E-state index is 0.921. The van der Waals surface area contributed by atoms with E-state index in [0.717, 1.165) is 17.7 Å². The Bertz CT molecular complexity index is 409. The maximum atomic E-state index is 8.93. The summed E-state index contributed by atoms with van der Waals surface area (Å²) in [7, 11) is 0. The normalized spacial score (nSPS) is 15.7. The van der Waals surface area contributed by atoms with Gasteiger partial charge in [-0.1, -0.05) is 29.8 Å². The number of rotatable bonds is 1. The highest BCUT2D eigenvalue weighted by Crippen LogP contribution is 2.38. The highest BCUT2D eigenvalue weighted by Gasteiger charge is 2.15. The number of thioether (sulfide) groups is 1. The Hall–Kier alpha value is -1.20. The number of nitrogens with zero attached hydrogens (tertiary/aromatic N) is 1. The Kier molecular flexibility index (Phi) is 2.60. The Morgan fingerprint density at radius 3 is 2.64 bits per heavy atom. The van der Waals surface area contributed by atoms with Gasteiger partial charge in [-0.15, -0.1) is 11.8 Å². The van der Waals surface area contributed by atoms with E-state index in [4.69, 9.17) is 5.26 Å². The fourth-order valence-corrected chi connectivity index (χ4v) is 2.66. The predicted molar refractivity (Wildman–Crippen MR) is 60.8 cm³/mol. The summed E-state index contributed by atoms with van der Waals surface area (Å²) in [6.45, 7) is 2.07. The third kappa shape index (κ3) is 1.69. The second-order valence-electron chi connectivity index (χ2n) is 3.38. The van der Waals surface area contributed by atoms with Gasteiger partial charge >= 0.3 is 0 Å². The van der Waals surface area contributed by atoms with E-state index >= 15 is 0 Å². The van der Waals surface area contributed by atoms with Crippen molar-refractivity contribution in [1.29, 1.82) is 5.26 Å². The molecule has 0 spiro atoms. The number of hydrogen-bond acceptors (Lipinski definition) is 2. The number of benzene rings is 1. The van der Waals surface area contributed by atoms with Crippen LogP contribution < -0.4 is 0 Å². The van der Waals surface area contributed by atoms with Crippen molar-refractivity contribution in [3.8, 4) is 6.07 Å². The Balaban J connectivity index is 2.41. The molecule has 1 aliphatic rings. The lowest BCUT2D eigenvalue weighted by Crippen LogP contribution is -1.81. The van der Waals surface area contributed by atoms with Gasteiger partial charge in [-0.3, -0.25) is 0 Å². The van der Waals surface area contributed by atoms with E-state index in [1.165, 1.54) is 16.0 Å². The molecule has 0 amide bonds. The van der Waals surface area contributed by atoms with E-state index < -0.39 is 0 Å². The van der Waals surface area contributed by atoms with Gasteiger partial charge in [-0.2, -0.15) is 5.26 Å². The summed E-state index contributed by atoms with van der Waals surface area (Å²) >= 11 is 1.79. The molecule has 2 heteroatoms. The summed E-state index contributed by atoms with van der Waals surface area (Å²) in [5.41, 5.74) is 3.39. The van der Waals surface area contributed by atoms with Gasteiger partial charge in [0.25, 0.3) is 0 Å². The van der Waals surface area contributed by atoms with Crippen LogP contribution in [0.2, 0.25) is 0 Å².